The molecule has 0 fully saturated rings. The van der Waals surface area contributed by atoms with Crippen molar-refractivity contribution >= 4 is 0 Å². The summed E-state index contributed by atoms with van der Waals surface area (Å²) in [5, 5.41) is 12.5. The molecule has 94 valence electrons. The third-order valence-corrected chi connectivity index (χ3v) is 2.75. The molecule has 5 heteroatoms. The third-order valence-electron chi connectivity index (χ3n) is 2.75. The Labute approximate surface area is 110 Å². The van der Waals surface area contributed by atoms with Gasteiger partial charge in [0.25, 0.3) is 0 Å². The van der Waals surface area contributed by atoms with Crippen molar-refractivity contribution in [3.8, 4) is 22.8 Å². The Kier molecular flexibility index (Phi) is 2.94. The first-order valence-electron chi connectivity index (χ1n) is 5.87. The van der Waals surface area contributed by atoms with Crippen molar-refractivity contribution in [3.05, 3.63) is 54.6 Å². The Hall–Kier alpha value is -2.69. The van der Waals surface area contributed by atoms with Crippen molar-refractivity contribution in [2.75, 3.05) is 7.11 Å². The number of methoxy groups -OCH3 is 1. The van der Waals surface area contributed by atoms with Crippen molar-refractivity contribution < 1.29 is 4.74 Å². The van der Waals surface area contributed by atoms with Gasteiger partial charge in [-0.05, 0) is 29.5 Å². The summed E-state index contributed by atoms with van der Waals surface area (Å²) >= 11 is 0. The highest BCUT2D eigenvalue weighted by atomic mass is 16.5. The van der Waals surface area contributed by atoms with Crippen LogP contribution >= 0.6 is 0 Å². The van der Waals surface area contributed by atoms with E-state index in [1.807, 2.05) is 54.6 Å². The summed E-state index contributed by atoms with van der Waals surface area (Å²) in [6.45, 7) is 0. The first kappa shape index (κ1) is 11.4. The quantitative estimate of drug-likeness (QED) is 0.718. The van der Waals surface area contributed by atoms with Crippen molar-refractivity contribution in [1.82, 2.24) is 20.2 Å². The van der Waals surface area contributed by atoms with E-state index >= 15 is 0 Å². The molecule has 0 aliphatic rings. The van der Waals surface area contributed by atoms with Gasteiger partial charge < -0.3 is 4.74 Å². The van der Waals surface area contributed by atoms with Crippen molar-refractivity contribution in [3.63, 3.8) is 0 Å². The summed E-state index contributed by atoms with van der Waals surface area (Å²) in [6.07, 6.45) is 0. The van der Waals surface area contributed by atoms with Crippen molar-refractivity contribution in [1.29, 1.82) is 0 Å². The minimum atomic E-state index is 0.608. The Morgan fingerprint density at radius 3 is 2.37 bits per heavy atom. The lowest BCUT2D eigenvalue weighted by molar-refractivity contribution is 0.414. The van der Waals surface area contributed by atoms with Gasteiger partial charge in [-0.1, -0.05) is 30.3 Å². The van der Waals surface area contributed by atoms with E-state index in [1.54, 1.807) is 7.11 Å². The lowest BCUT2D eigenvalue weighted by Crippen LogP contribution is -1.98. The first-order chi connectivity index (χ1) is 9.36. The van der Waals surface area contributed by atoms with Crippen LogP contribution in [-0.4, -0.2) is 27.3 Å². The fourth-order valence-electron chi connectivity index (χ4n) is 1.74. The van der Waals surface area contributed by atoms with Crippen LogP contribution in [0.25, 0.3) is 17.1 Å². The zero-order valence-corrected chi connectivity index (χ0v) is 10.4. The molecule has 0 aliphatic heterocycles. The molecule has 3 rings (SSSR count). The molecular formula is C14H12N4O. The van der Waals surface area contributed by atoms with Gasteiger partial charge in [-0.25, -0.2) is 0 Å². The molecule has 0 aliphatic carbocycles. The molecule has 0 unspecified atom stereocenters. The summed E-state index contributed by atoms with van der Waals surface area (Å²) in [5.74, 6) is 1.41. The van der Waals surface area contributed by atoms with E-state index < -0.39 is 0 Å². The van der Waals surface area contributed by atoms with Crippen LogP contribution in [0.3, 0.4) is 0 Å². The molecule has 1 aromatic heterocycles. The largest absolute Gasteiger partial charge is 0.497 e. The number of aromatic nitrogens is 4. The fourth-order valence-corrected chi connectivity index (χ4v) is 1.74. The van der Waals surface area contributed by atoms with Crippen LogP contribution in [0.1, 0.15) is 0 Å². The number of hydrogen-bond acceptors (Lipinski definition) is 4. The second kappa shape index (κ2) is 4.89. The Balaban J connectivity index is 1.92. The topological polar surface area (TPSA) is 52.8 Å². The van der Waals surface area contributed by atoms with Crippen LogP contribution in [0.4, 0.5) is 0 Å². The SMILES string of the molecule is COc1ccc(-n2nnc(-c3ccccc3)n2)cc1. The van der Waals surface area contributed by atoms with E-state index in [0.717, 1.165) is 17.0 Å². The van der Waals surface area contributed by atoms with Gasteiger partial charge in [-0.2, -0.15) is 0 Å². The summed E-state index contributed by atoms with van der Waals surface area (Å²) in [5.41, 5.74) is 1.79. The molecule has 0 spiro atoms. The Bertz CT molecular complexity index is 661. The summed E-state index contributed by atoms with van der Waals surface area (Å²) in [4.78, 5) is 1.50. The van der Waals surface area contributed by atoms with Gasteiger partial charge in [-0.15, -0.1) is 15.0 Å². The summed E-state index contributed by atoms with van der Waals surface area (Å²) < 4.78 is 5.11. The number of tetrazole rings is 1. The number of benzene rings is 2. The summed E-state index contributed by atoms with van der Waals surface area (Å²) in [7, 11) is 1.64. The minimum absolute atomic E-state index is 0.608. The van der Waals surface area contributed by atoms with Gasteiger partial charge in [0.1, 0.15) is 5.75 Å². The standard InChI is InChI=1S/C14H12N4O/c1-19-13-9-7-12(8-10-13)18-16-14(15-17-18)11-5-3-2-4-6-11/h2-10H,1H3. The van der Waals surface area contributed by atoms with Gasteiger partial charge in [0.2, 0.25) is 5.82 Å². The molecule has 0 atom stereocenters. The van der Waals surface area contributed by atoms with Crippen LogP contribution in [0.15, 0.2) is 54.6 Å². The molecule has 0 saturated carbocycles. The van der Waals surface area contributed by atoms with E-state index in [9.17, 15) is 0 Å². The highest BCUT2D eigenvalue weighted by Crippen LogP contribution is 2.16. The van der Waals surface area contributed by atoms with Gasteiger partial charge in [0, 0.05) is 5.56 Å². The molecule has 0 bridgehead atoms. The molecule has 0 saturated heterocycles. The van der Waals surface area contributed by atoms with E-state index in [4.69, 9.17) is 4.74 Å². The molecule has 5 nitrogen and oxygen atoms in total. The molecule has 0 N–H and O–H groups in total. The molecule has 0 radical (unpaired) electrons. The third kappa shape index (κ3) is 2.30. The highest BCUT2D eigenvalue weighted by molar-refractivity contribution is 5.53. The maximum atomic E-state index is 5.11. The second-order valence-corrected chi connectivity index (χ2v) is 3.97. The monoisotopic (exact) mass is 252 g/mol. The fraction of sp³-hybridized carbons (Fsp3) is 0.0714. The number of ether oxygens (including phenoxy) is 1. The minimum Gasteiger partial charge on any atom is -0.497 e. The van der Waals surface area contributed by atoms with Crippen LogP contribution in [0.2, 0.25) is 0 Å². The lowest BCUT2D eigenvalue weighted by Gasteiger charge is -2.00. The van der Waals surface area contributed by atoms with E-state index in [2.05, 4.69) is 15.4 Å². The second-order valence-electron chi connectivity index (χ2n) is 3.97. The van der Waals surface area contributed by atoms with Gasteiger partial charge in [0.15, 0.2) is 0 Å². The van der Waals surface area contributed by atoms with Gasteiger partial charge in [0.05, 0.1) is 12.8 Å². The first-order valence-corrected chi connectivity index (χ1v) is 5.87. The Morgan fingerprint density at radius 1 is 0.947 bits per heavy atom. The number of rotatable bonds is 3. The predicted octanol–water partition coefficient (Wildman–Crippen LogP) is 2.34. The lowest BCUT2D eigenvalue weighted by atomic mass is 10.2. The summed E-state index contributed by atoms with van der Waals surface area (Å²) in [6, 6.07) is 17.3. The normalized spacial score (nSPS) is 10.4. The number of nitrogens with zero attached hydrogens (tertiary/aromatic N) is 4. The predicted molar refractivity (Wildman–Crippen MR) is 71.1 cm³/mol. The average Bonchev–Trinajstić information content (AvgIpc) is 2.98. The zero-order valence-electron chi connectivity index (χ0n) is 10.4. The maximum Gasteiger partial charge on any atom is 0.205 e. The van der Waals surface area contributed by atoms with Crippen LogP contribution in [0.5, 0.6) is 5.75 Å². The zero-order chi connectivity index (χ0) is 13.1. The molecule has 2 aromatic carbocycles. The highest BCUT2D eigenvalue weighted by Gasteiger charge is 2.06. The molecule has 3 aromatic rings. The molecule has 0 amide bonds. The van der Waals surface area contributed by atoms with Crippen LogP contribution < -0.4 is 4.74 Å². The molecular weight excluding hydrogens is 240 g/mol. The van der Waals surface area contributed by atoms with Gasteiger partial charge in [-0.3, -0.25) is 0 Å². The maximum absolute atomic E-state index is 5.11. The van der Waals surface area contributed by atoms with Crippen molar-refractivity contribution in [2.45, 2.75) is 0 Å². The molecule has 1 heterocycles. The molecule has 19 heavy (non-hydrogen) atoms. The van der Waals surface area contributed by atoms with E-state index in [-0.39, 0.29) is 0 Å². The smallest absolute Gasteiger partial charge is 0.205 e. The number of hydrogen-bond donors (Lipinski definition) is 0. The van der Waals surface area contributed by atoms with Crippen LogP contribution in [-0.2, 0) is 0 Å². The van der Waals surface area contributed by atoms with E-state index in [0.29, 0.717) is 5.82 Å². The van der Waals surface area contributed by atoms with Crippen LogP contribution in [0, 0.1) is 0 Å². The van der Waals surface area contributed by atoms with Gasteiger partial charge >= 0.3 is 0 Å². The Morgan fingerprint density at radius 2 is 1.68 bits per heavy atom. The van der Waals surface area contributed by atoms with E-state index in [1.165, 1.54) is 4.80 Å². The average molecular weight is 252 g/mol. The van der Waals surface area contributed by atoms with Crippen molar-refractivity contribution in [2.24, 2.45) is 0 Å².